The highest BCUT2D eigenvalue weighted by atomic mass is 32.2. The number of hydrogen-bond donors (Lipinski definition) is 2. The zero-order chi connectivity index (χ0) is 15.5. The summed E-state index contributed by atoms with van der Waals surface area (Å²) in [5.74, 6) is 0.00588. The number of sulfonamides is 1. The standard InChI is InChI=1S/C15H16N2O3S/c1-11(18)12-4-3-5-15(10-12)16-13-6-8-14(9-7-13)17-21(2,19)20/h3-10,16-17H,1-2H3. The quantitative estimate of drug-likeness (QED) is 0.833. The summed E-state index contributed by atoms with van der Waals surface area (Å²) in [6.07, 6.45) is 1.10. The molecule has 0 atom stereocenters. The largest absolute Gasteiger partial charge is 0.356 e. The molecular weight excluding hydrogens is 288 g/mol. The SMILES string of the molecule is CC(=O)c1cccc(Nc2ccc(NS(C)(=O)=O)cc2)c1. The van der Waals surface area contributed by atoms with Crippen LogP contribution in [0.25, 0.3) is 0 Å². The minimum absolute atomic E-state index is 0.00588. The van der Waals surface area contributed by atoms with Crippen LogP contribution < -0.4 is 10.0 Å². The fourth-order valence-corrected chi connectivity index (χ4v) is 2.38. The number of nitrogens with one attached hydrogen (secondary N) is 2. The molecule has 0 spiro atoms. The average molecular weight is 304 g/mol. The molecule has 2 rings (SSSR count). The van der Waals surface area contributed by atoms with Crippen LogP contribution in [0.1, 0.15) is 17.3 Å². The highest BCUT2D eigenvalue weighted by molar-refractivity contribution is 7.92. The molecule has 0 aliphatic heterocycles. The zero-order valence-electron chi connectivity index (χ0n) is 11.8. The van der Waals surface area contributed by atoms with Crippen molar-refractivity contribution in [1.29, 1.82) is 0 Å². The third kappa shape index (κ3) is 4.61. The lowest BCUT2D eigenvalue weighted by Gasteiger charge is -2.09. The maximum Gasteiger partial charge on any atom is 0.229 e. The molecule has 5 nitrogen and oxygen atoms in total. The van der Waals surface area contributed by atoms with Gasteiger partial charge in [0.2, 0.25) is 10.0 Å². The molecule has 0 radical (unpaired) electrons. The Morgan fingerprint density at radius 2 is 1.57 bits per heavy atom. The predicted octanol–water partition coefficient (Wildman–Crippen LogP) is 3.00. The molecule has 110 valence electrons. The van der Waals surface area contributed by atoms with Crippen molar-refractivity contribution in [1.82, 2.24) is 0 Å². The fraction of sp³-hybridized carbons (Fsp3) is 0.133. The second-order valence-electron chi connectivity index (χ2n) is 4.71. The summed E-state index contributed by atoms with van der Waals surface area (Å²) in [7, 11) is -3.27. The first-order valence-electron chi connectivity index (χ1n) is 6.29. The van der Waals surface area contributed by atoms with Crippen molar-refractivity contribution in [3.8, 4) is 0 Å². The van der Waals surface area contributed by atoms with E-state index in [1.54, 1.807) is 42.5 Å². The first-order valence-corrected chi connectivity index (χ1v) is 8.18. The Morgan fingerprint density at radius 1 is 0.952 bits per heavy atom. The number of carbonyl (C=O) groups excluding carboxylic acids is 1. The number of Topliss-reactive ketones (excluding diaryl/α,β-unsaturated/α-hetero) is 1. The van der Waals surface area contributed by atoms with Crippen LogP contribution in [0.4, 0.5) is 17.1 Å². The van der Waals surface area contributed by atoms with E-state index in [9.17, 15) is 13.2 Å². The van der Waals surface area contributed by atoms with E-state index >= 15 is 0 Å². The minimum atomic E-state index is -3.27. The van der Waals surface area contributed by atoms with Gasteiger partial charge in [-0.05, 0) is 43.3 Å². The number of rotatable bonds is 5. The summed E-state index contributed by atoms with van der Waals surface area (Å²) < 4.78 is 24.6. The molecule has 6 heteroatoms. The van der Waals surface area contributed by atoms with Crippen LogP contribution in [-0.4, -0.2) is 20.5 Å². The summed E-state index contributed by atoms with van der Waals surface area (Å²) in [5.41, 5.74) is 2.73. The van der Waals surface area contributed by atoms with Crippen LogP contribution in [0.2, 0.25) is 0 Å². The highest BCUT2D eigenvalue weighted by Crippen LogP contribution is 2.20. The van der Waals surface area contributed by atoms with Gasteiger partial charge in [-0.2, -0.15) is 0 Å². The molecule has 0 aliphatic rings. The summed E-state index contributed by atoms with van der Waals surface area (Å²) >= 11 is 0. The van der Waals surface area contributed by atoms with Crippen LogP contribution >= 0.6 is 0 Å². The van der Waals surface area contributed by atoms with Crippen molar-refractivity contribution in [2.24, 2.45) is 0 Å². The van der Waals surface area contributed by atoms with Gasteiger partial charge in [-0.15, -0.1) is 0 Å². The second-order valence-corrected chi connectivity index (χ2v) is 6.46. The van der Waals surface area contributed by atoms with E-state index in [-0.39, 0.29) is 5.78 Å². The zero-order valence-corrected chi connectivity index (χ0v) is 12.6. The second kappa shape index (κ2) is 5.97. The van der Waals surface area contributed by atoms with E-state index in [0.29, 0.717) is 11.3 Å². The van der Waals surface area contributed by atoms with Crippen LogP contribution in [-0.2, 0) is 10.0 Å². The van der Waals surface area contributed by atoms with Gasteiger partial charge in [0.1, 0.15) is 0 Å². The maximum absolute atomic E-state index is 11.3. The molecule has 0 aromatic heterocycles. The molecular formula is C15H16N2O3S. The smallest absolute Gasteiger partial charge is 0.229 e. The Labute approximate surface area is 124 Å². The van der Waals surface area contributed by atoms with Gasteiger partial charge in [0.05, 0.1) is 6.26 Å². The third-order valence-electron chi connectivity index (χ3n) is 2.75. The van der Waals surface area contributed by atoms with Crippen molar-refractivity contribution >= 4 is 32.9 Å². The van der Waals surface area contributed by atoms with Crippen LogP contribution in [0.15, 0.2) is 48.5 Å². The Morgan fingerprint density at radius 3 is 2.14 bits per heavy atom. The molecule has 0 unspecified atom stereocenters. The van der Waals surface area contributed by atoms with E-state index in [0.717, 1.165) is 17.6 Å². The number of hydrogen-bond acceptors (Lipinski definition) is 4. The number of benzene rings is 2. The number of carbonyl (C=O) groups is 1. The molecule has 0 bridgehead atoms. The molecule has 0 amide bonds. The van der Waals surface area contributed by atoms with E-state index in [2.05, 4.69) is 10.0 Å². The van der Waals surface area contributed by atoms with E-state index < -0.39 is 10.0 Å². The number of anilines is 3. The van der Waals surface area contributed by atoms with Gasteiger partial charge in [-0.3, -0.25) is 9.52 Å². The lowest BCUT2D eigenvalue weighted by atomic mass is 10.1. The van der Waals surface area contributed by atoms with E-state index in [1.165, 1.54) is 6.92 Å². The summed E-state index contributed by atoms with van der Waals surface area (Å²) in [6.45, 7) is 1.52. The molecule has 0 aliphatic carbocycles. The molecule has 2 aromatic rings. The fourth-order valence-electron chi connectivity index (χ4n) is 1.82. The predicted molar refractivity (Wildman–Crippen MR) is 84.6 cm³/mol. The van der Waals surface area contributed by atoms with Crippen molar-refractivity contribution in [2.45, 2.75) is 6.92 Å². The van der Waals surface area contributed by atoms with Crippen molar-refractivity contribution < 1.29 is 13.2 Å². The van der Waals surface area contributed by atoms with Gasteiger partial charge in [0.15, 0.2) is 5.78 Å². The van der Waals surface area contributed by atoms with Crippen LogP contribution in [0.3, 0.4) is 0 Å². The summed E-state index contributed by atoms with van der Waals surface area (Å²) in [4.78, 5) is 11.3. The average Bonchev–Trinajstić information content (AvgIpc) is 2.40. The Kier molecular flexibility index (Phi) is 4.28. The van der Waals surface area contributed by atoms with Crippen molar-refractivity contribution in [3.05, 3.63) is 54.1 Å². The third-order valence-corrected chi connectivity index (χ3v) is 3.35. The Hall–Kier alpha value is -2.34. The van der Waals surface area contributed by atoms with Gasteiger partial charge in [0.25, 0.3) is 0 Å². The van der Waals surface area contributed by atoms with Gasteiger partial charge < -0.3 is 5.32 Å². The first-order chi connectivity index (χ1) is 9.83. The summed E-state index contributed by atoms with van der Waals surface area (Å²) in [5, 5.41) is 3.16. The molecule has 0 saturated carbocycles. The van der Waals surface area contributed by atoms with Gasteiger partial charge in [-0.25, -0.2) is 8.42 Å². The molecule has 0 heterocycles. The topological polar surface area (TPSA) is 75.3 Å². The van der Waals surface area contributed by atoms with Crippen LogP contribution in [0, 0.1) is 0 Å². The lowest BCUT2D eigenvalue weighted by Crippen LogP contribution is -2.09. The van der Waals surface area contributed by atoms with Crippen molar-refractivity contribution in [3.63, 3.8) is 0 Å². The van der Waals surface area contributed by atoms with Crippen molar-refractivity contribution in [2.75, 3.05) is 16.3 Å². The van der Waals surface area contributed by atoms with Gasteiger partial charge >= 0.3 is 0 Å². The molecule has 2 aromatic carbocycles. The first kappa shape index (κ1) is 15.1. The monoisotopic (exact) mass is 304 g/mol. The van der Waals surface area contributed by atoms with Gasteiger partial charge in [-0.1, -0.05) is 12.1 Å². The van der Waals surface area contributed by atoms with Gasteiger partial charge in [0, 0.05) is 22.6 Å². The molecule has 2 N–H and O–H groups in total. The summed E-state index contributed by atoms with van der Waals surface area (Å²) in [6, 6.07) is 14.0. The lowest BCUT2D eigenvalue weighted by molar-refractivity contribution is 0.101. The Bertz CT molecular complexity index is 753. The maximum atomic E-state index is 11.3. The minimum Gasteiger partial charge on any atom is -0.356 e. The number of ketones is 1. The van der Waals surface area contributed by atoms with E-state index in [1.807, 2.05) is 6.07 Å². The normalized spacial score (nSPS) is 11.0. The van der Waals surface area contributed by atoms with E-state index in [4.69, 9.17) is 0 Å². The molecule has 0 fully saturated rings. The van der Waals surface area contributed by atoms with Crippen LogP contribution in [0.5, 0.6) is 0 Å². The highest BCUT2D eigenvalue weighted by Gasteiger charge is 2.03. The molecule has 21 heavy (non-hydrogen) atoms. The molecule has 0 saturated heterocycles. The Balaban J connectivity index is 2.13.